The molecule has 0 saturated carbocycles. The molecule has 0 bridgehead atoms. The fourth-order valence-corrected chi connectivity index (χ4v) is 1.39. The van der Waals surface area contributed by atoms with Gasteiger partial charge in [-0.05, 0) is 19.4 Å². The highest BCUT2D eigenvalue weighted by Gasteiger charge is 2.32. The van der Waals surface area contributed by atoms with E-state index >= 15 is 0 Å². The Balaban J connectivity index is 2.98. The molecule has 0 spiro atoms. The molecule has 0 fully saturated rings. The van der Waals surface area contributed by atoms with Gasteiger partial charge in [0.2, 0.25) is 0 Å². The first-order chi connectivity index (χ1) is 8.44. The number of anilines is 1. The fourth-order valence-electron chi connectivity index (χ4n) is 1.39. The molecule has 1 rings (SSSR count). The maximum absolute atomic E-state index is 12.0. The maximum Gasteiger partial charge on any atom is 0.292 e. The summed E-state index contributed by atoms with van der Waals surface area (Å²) in [5.41, 5.74) is -0.964. The third kappa shape index (κ3) is 2.84. The Morgan fingerprint density at radius 3 is 2.61 bits per heavy atom. The van der Waals surface area contributed by atoms with Crippen molar-refractivity contribution >= 4 is 17.3 Å². The second-order valence-corrected chi connectivity index (χ2v) is 4.02. The third-order valence-corrected chi connectivity index (χ3v) is 2.95. The molecule has 0 aliphatic heterocycles. The van der Waals surface area contributed by atoms with Gasteiger partial charge in [-0.1, -0.05) is 19.1 Å². The van der Waals surface area contributed by atoms with Crippen molar-refractivity contribution in [1.82, 2.24) is 0 Å². The summed E-state index contributed by atoms with van der Waals surface area (Å²) in [7, 11) is 1.43. The summed E-state index contributed by atoms with van der Waals surface area (Å²) >= 11 is 0. The largest absolute Gasteiger partial charge is 0.369 e. The van der Waals surface area contributed by atoms with Gasteiger partial charge < -0.3 is 10.1 Å². The lowest BCUT2D eigenvalue weighted by Gasteiger charge is -2.25. The molecule has 1 aromatic rings. The van der Waals surface area contributed by atoms with Gasteiger partial charge in [0.25, 0.3) is 11.6 Å². The number of para-hydroxylation sites is 2. The number of amides is 1. The Morgan fingerprint density at radius 1 is 1.50 bits per heavy atom. The van der Waals surface area contributed by atoms with E-state index in [9.17, 15) is 14.9 Å². The topological polar surface area (TPSA) is 81.5 Å². The first-order valence-corrected chi connectivity index (χ1v) is 5.54. The Kier molecular flexibility index (Phi) is 4.38. The first kappa shape index (κ1) is 14.1. The van der Waals surface area contributed by atoms with Crippen LogP contribution in [0.5, 0.6) is 0 Å². The summed E-state index contributed by atoms with van der Waals surface area (Å²) in [5.74, 6) is -0.401. The number of rotatable bonds is 5. The molecule has 0 saturated heterocycles. The Labute approximate surface area is 105 Å². The monoisotopic (exact) mass is 252 g/mol. The van der Waals surface area contributed by atoms with E-state index in [0.717, 1.165) is 0 Å². The molecule has 1 amide bonds. The molecular weight excluding hydrogens is 236 g/mol. The highest BCUT2D eigenvalue weighted by Crippen LogP contribution is 2.25. The average Bonchev–Trinajstić information content (AvgIpc) is 2.38. The number of ether oxygens (including phenoxy) is 1. The van der Waals surface area contributed by atoms with Gasteiger partial charge in [0.1, 0.15) is 11.3 Å². The van der Waals surface area contributed by atoms with E-state index in [4.69, 9.17) is 4.74 Å². The van der Waals surface area contributed by atoms with Crippen molar-refractivity contribution in [1.29, 1.82) is 0 Å². The van der Waals surface area contributed by atoms with Gasteiger partial charge in [-0.25, -0.2) is 0 Å². The lowest BCUT2D eigenvalue weighted by Crippen LogP contribution is -2.41. The van der Waals surface area contributed by atoms with Crippen LogP contribution in [0.4, 0.5) is 11.4 Å². The molecule has 0 radical (unpaired) electrons. The predicted molar refractivity (Wildman–Crippen MR) is 67.4 cm³/mol. The van der Waals surface area contributed by atoms with Gasteiger partial charge in [0.15, 0.2) is 0 Å². The van der Waals surface area contributed by atoms with Crippen molar-refractivity contribution in [2.24, 2.45) is 0 Å². The zero-order chi connectivity index (χ0) is 13.8. The van der Waals surface area contributed by atoms with Gasteiger partial charge in [0.05, 0.1) is 4.92 Å². The smallest absolute Gasteiger partial charge is 0.292 e. The molecule has 1 aromatic carbocycles. The Hall–Kier alpha value is -1.95. The number of carbonyl (C=O) groups is 1. The summed E-state index contributed by atoms with van der Waals surface area (Å²) in [4.78, 5) is 22.3. The third-order valence-electron chi connectivity index (χ3n) is 2.95. The molecular formula is C12H16N2O4. The summed E-state index contributed by atoms with van der Waals surface area (Å²) < 4.78 is 5.14. The number of hydrogen-bond acceptors (Lipinski definition) is 4. The van der Waals surface area contributed by atoms with Crippen molar-refractivity contribution < 1.29 is 14.5 Å². The lowest BCUT2D eigenvalue weighted by atomic mass is 10.0. The van der Waals surface area contributed by atoms with Crippen molar-refractivity contribution in [2.45, 2.75) is 25.9 Å². The molecule has 98 valence electrons. The number of nitrogens with one attached hydrogen (secondary N) is 1. The van der Waals surface area contributed by atoms with Crippen LogP contribution in [0.1, 0.15) is 20.3 Å². The van der Waals surface area contributed by atoms with Crippen molar-refractivity contribution in [3.63, 3.8) is 0 Å². The van der Waals surface area contributed by atoms with E-state index in [0.29, 0.717) is 6.42 Å². The zero-order valence-corrected chi connectivity index (χ0v) is 10.6. The minimum atomic E-state index is -0.996. The van der Waals surface area contributed by atoms with E-state index in [1.807, 2.05) is 6.92 Å². The molecule has 18 heavy (non-hydrogen) atoms. The molecule has 0 heterocycles. The van der Waals surface area contributed by atoms with Crippen LogP contribution in [0.15, 0.2) is 24.3 Å². The summed E-state index contributed by atoms with van der Waals surface area (Å²) in [6.07, 6.45) is 0.468. The molecule has 6 nitrogen and oxygen atoms in total. The van der Waals surface area contributed by atoms with E-state index < -0.39 is 16.4 Å². The van der Waals surface area contributed by atoms with Gasteiger partial charge in [-0.15, -0.1) is 0 Å². The van der Waals surface area contributed by atoms with Crippen LogP contribution in [0.2, 0.25) is 0 Å². The minimum absolute atomic E-state index is 0.139. The number of nitro groups is 1. The van der Waals surface area contributed by atoms with Crippen molar-refractivity contribution in [3.8, 4) is 0 Å². The van der Waals surface area contributed by atoms with Gasteiger partial charge in [-0.2, -0.15) is 0 Å². The Bertz CT molecular complexity index is 455. The molecule has 1 atom stereocenters. The van der Waals surface area contributed by atoms with Crippen LogP contribution >= 0.6 is 0 Å². The van der Waals surface area contributed by atoms with Crippen LogP contribution in [0.25, 0.3) is 0 Å². The number of carbonyl (C=O) groups excluding carboxylic acids is 1. The Morgan fingerprint density at radius 2 is 2.11 bits per heavy atom. The predicted octanol–water partition coefficient (Wildman–Crippen LogP) is 2.35. The first-order valence-electron chi connectivity index (χ1n) is 5.54. The van der Waals surface area contributed by atoms with E-state index in [1.54, 1.807) is 19.1 Å². The minimum Gasteiger partial charge on any atom is -0.369 e. The molecule has 1 unspecified atom stereocenters. The molecule has 6 heteroatoms. The van der Waals surface area contributed by atoms with Crippen LogP contribution in [0.3, 0.4) is 0 Å². The SMILES string of the molecule is CCC(C)(OC)C(=O)Nc1ccccc1[N+](=O)[O-]. The van der Waals surface area contributed by atoms with E-state index in [2.05, 4.69) is 5.32 Å². The lowest BCUT2D eigenvalue weighted by molar-refractivity contribution is -0.383. The van der Waals surface area contributed by atoms with E-state index in [1.165, 1.54) is 19.2 Å². The van der Waals surface area contributed by atoms with E-state index in [-0.39, 0.29) is 11.4 Å². The van der Waals surface area contributed by atoms with Crippen molar-refractivity contribution in [3.05, 3.63) is 34.4 Å². The number of nitrogens with zero attached hydrogens (tertiary/aromatic N) is 1. The molecule has 0 aliphatic rings. The molecule has 0 aliphatic carbocycles. The van der Waals surface area contributed by atoms with Crippen LogP contribution in [0, 0.1) is 10.1 Å². The van der Waals surface area contributed by atoms with Crippen molar-refractivity contribution in [2.75, 3.05) is 12.4 Å². The number of hydrogen-bond donors (Lipinski definition) is 1. The van der Waals surface area contributed by atoms with Gasteiger partial charge >= 0.3 is 0 Å². The summed E-state index contributed by atoms with van der Waals surface area (Å²) in [6.45, 7) is 3.44. The quantitative estimate of drug-likeness (QED) is 0.644. The zero-order valence-electron chi connectivity index (χ0n) is 10.6. The number of methoxy groups -OCH3 is 1. The normalized spacial score (nSPS) is 13.7. The number of nitro benzene ring substituents is 1. The van der Waals surface area contributed by atoms with Crippen LogP contribution in [-0.4, -0.2) is 23.5 Å². The highest BCUT2D eigenvalue weighted by molar-refractivity contribution is 5.98. The fraction of sp³-hybridized carbons (Fsp3) is 0.417. The summed E-state index contributed by atoms with van der Waals surface area (Å²) in [5, 5.41) is 13.3. The molecule has 1 N–H and O–H groups in total. The molecule has 0 aromatic heterocycles. The van der Waals surface area contributed by atoms with Crippen LogP contribution in [-0.2, 0) is 9.53 Å². The van der Waals surface area contributed by atoms with Gasteiger partial charge in [0, 0.05) is 13.2 Å². The summed E-state index contributed by atoms with van der Waals surface area (Å²) in [6, 6.07) is 6.00. The maximum atomic E-state index is 12.0. The standard InChI is InChI=1S/C12H16N2O4/c1-4-12(2,18-3)11(15)13-9-7-5-6-8-10(9)14(16)17/h5-8H,4H2,1-3H3,(H,13,15). The second-order valence-electron chi connectivity index (χ2n) is 4.02. The van der Waals surface area contributed by atoms with Gasteiger partial charge in [-0.3, -0.25) is 14.9 Å². The average molecular weight is 252 g/mol. The van der Waals surface area contributed by atoms with Crippen LogP contribution < -0.4 is 5.32 Å². The highest BCUT2D eigenvalue weighted by atomic mass is 16.6. The second kappa shape index (κ2) is 5.59. The number of benzene rings is 1.